The number of aliphatic carboxylic acids is 1. The number of likely N-dealkylation sites (tertiary alicyclic amines) is 1. The van der Waals surface area contributed by atoms with Crippen LogP contribution >= 0.6 is 11.3 Å². The van der Waals surface area contributed by atoms with E-state index in [-0.39, 0.29) is 5.91 Å². The maximum atomic E-state index is 12.5. The molecule has 156 valence electrons. The Kier molecular flexibility index (Phi) is 6.53. The fourth-order valence-corrected chi connectivity index (χ4v) is 4.42. The van der Waals surface area contributed by atoms with Crippen molar-refractivity contribution in [1.82, 2.24) is 9.88 Å². The molecule has 0 radical (unpaired) electrons. The number of para-hydroxylation sites is 1. The second-order valence-corrected chi connectivity index (χ2v) is 7.74. The standard InChI is InChI=1S/C17H19N3OS.C2HF3O2/c21-17-7-6-14-15(20(17)13-4-2-1-3-5-13)8-10-19(14)12-16-18-9-11-22-16;3-2(4,5)1(6)7/h1-5,9,11,14-15H,6-8,10,12H2;(H,6,7)/t14-,15-;/m0./s1. The Morgan fingerprint density at radius 1 is 1.21 bits per heavy atom. The molecule has 2 aromatic rings. The number of alkyl halides is 3. The number of benzene rings is 1. The van der Waals surface area contributed by atoms with E-state index < -0.39 is 12.1 Å². The molecule has 0 spiro atoms. The third kappa shape index (κ3) is 5.13. The molecule has 6 nitrogen and oxygen atoms in total. The van der Waals surface area contributed by atoms with Crippen molar-refractivity contribution in [3.05, 3.63) is 46.9 Å². The molecule has 0 aliphatic carbocycles. The lowest BCUT2D eigenvalue weighted by Gasteiger charge is -2.39. The zero-order valence-electron chi connectivity index (χ0n) is 15.4. The zero-order chi connectivity index (χ0) is 21.0. The molecule has 2 aliphatic rings. The minimum absolute atomic E-state index is 0.267. The molecule has 1 aromatic carbocycles. The number of carboxylic acids is 1. The number of fused-ring (bicyclic) bond motifs is 1. The molecule has 2 fully saturated rings. The molecule has 1 N–H and O–H groups in total. The van der Waals surface area contributed by atoms with Crippen LogP contribution in [0.1, 0.15) is 24.3 Å². The summed E-state index contributed by atoms with van der Waals surface area (Å²) < 4.78 is 31.7. The normalized spacial score (nSPS) is 22.0. The summed E-state index contributed by atoms with van der Waals surface area (Å²) in [4.78, 5) is 30.3. The van der Waals surface area contributed by atoms with Crippen LogP contribution in [0.4, 0.5) is 18.9 Å². The van der Waals surface area contributed by atoms with Crippen LogP contribution in [0.3, 0.4) is 0 Å². The molecule has 2 atom stereocenters. The Balaban J connectivity index is 0.000000298. The van der Waals surface area contributed by atoms with E-state index in [1.54, 1.807) is 11.3 Å². The number of hydrogen-bond donors (Lipinski definition) is 1. The molecular weight excluding hydrogens is 407 g/mol. The first kappa shape index (κ1) is 21.3. The van der Waals surface area contributed by atoms with Gasteiger partial charge in [0, 0.05) is 36.3 Å². The number of amides is 1. The number of halogens is 3. The Bertz CT molecular complexity index is 830. The second kappa shape index (κ2) is 8.91. The Morgan fingerprint density at radius 3 is 2.48 bits per heavy atom. The van der Waals surface area contributed by atoms with Crippen LogP contribution in [-0.2, 0) is 16.1 Å². The van der Waals surface area contributed by atoms with Crippen LogP contribution in [0.25, 0.3) is 0 Å². The number of carbonyl (C=O) groups is 2. The fourth-order valence-electron chi connectivity index (χ4n) is 3.78. The number of carbonyl (C=O) groups excluding carboxylic acids is 1. The Hall–Kier alpha value is -2.46. The smallest absolute Gasteiger partial charge is 0.475 e. The summed E-state index contributed by atoms with van der Waals surface area (Å²) >= 11 is 1.71. The Labute approximate surface area is 169 Å². The molecule has 0 bridgehead atoms. The van der Waals surface area contributed by atoms with Gasteiger partial charge in [0.15, 0.2) is 0 Å². The lowest BCUT2D eigenvalue weighted by atomic mass is 9.95. The average Bonchev–Trinajstić information content (AvgIpc) is 3.33. The van der Waals surface area contributed by atoms with Gasteiger partial charge in [0.1, 0.15) is 5.01 Å². The molecule has 4 rings (SSSR count). The summed E-state index contributed by atoms with van der Waals surface area (Å²) in [5, 5.41) is 10.3. The van der Waals surface area contributed by atoms with Crippen LogP contribution in [0.5, 0.6) is 0 Å². The lowest BCUT2D eigenvalue weighted by molar-refractivity contribution is -0.192. The molecule has 1 amide bonds. The fraction of sp³-hybridized carbons (Fsp3) is 0.421. The van der Waals surface area contributed by atoms with Crippen LogP contribution in [0.15, 0.2) is 41.9 Å². The SMILES string of the molecule is O=C(O)C(F)(F)F.O=C1CC[C@H]2[C@H](CCN2Cc2nccs2)N1c1ccccc1. The molecule has 1 aromatic heterocycles. The highest BCUT2D eigenvalue weighted by Gasteiger charge is 2.43. The van der Waals surface area contributed by atoms with E-state index in [0.717, 1.165) is 31.6 Å². The highest BCUT2D eigenvalue weighted by atomic mass is 32.1. The molecular formula is C19H20F3N3O3S. The zero-order valence-corrected chi connectivity index (χ0v) is 16.2. The van der Waals surface area contributed by atoms with Gasteiger partial charge in [-0.2, -0.15) is 13.2 Å². The van der Waals surface area contributed by atoms with E-state index in [1.807, 2.05) is 46.8 Å². The van der Waals surface area contributed by atoms with Crippen LogP contribution in [0, 0.1) is 0 Å². The number of nitrogens with zero attached hydrogens (tertiary/aromatic N) is 3. The molecule has 29 heavy (non-hydrogen) atoms. The van der Waals surface area contributed by atoms with Gasteiger partial charge in [0.05, 0.1) is 12.6 Å². The van der Waals surface area contributed by atoms with E-state index in [2.05, 4.69) is 9.88 Å². The first-order chi connectivity index (χ1) is 13.8. The second-order valence-electron chi connectivity index (χ2n) is 6.76. The van der Waals surface area contributed by atoms with Crippen LogP contribution < -0.4 is 4.90 Å². The van der Waals surface area contributed by atoms with Crippen molar-refractivity contribution >= 4 is 28.9 Å². The number of carboxylic acid groups (broad SMARTS) is 1. The summed E-state index contributed by atoms with van der Waals surface area (Å²) in [5.41, 5.74) is 1.04. The minimum atomic E-state index is -5.08. The summed E-state index contributed by atoms with van der Waals surface area (Å²) in [6.07, 6.45) is -0.548. The van der Waals surface area contributed by atoms with Gasteiger partial charge < -0.3 is 10.0 Å². The molecule has 10 heteroatoms. The summed E-state index contributed by atoms with van der Waals surface area (Å²) in [6.45, 7) is 1.96. The quantitative estimate of drug-likeness (QED) is 0.811. The van der Waals surface area contributed by atoms with Gasteiger partial charge in [-0.1, -0.05) is 18.2 Å². The Morgan fingerprint density at radius 2 is 1.90 bits per heavy atom. The predicted molar refractivity (Wildman–Crippen MR) is 102 cm³/mol. The van der Waals surface area contributed by atoms with Gasteiger partial charge in [-0.25, -0.2) is 9.78 Å². The van der Waals surface area contributed by atoms with Crippen LogP contribution in [0.2, 0.25) is 0 Å². The van der Waals surface area contributed by atoms with E-state index in [9.17, 15) is 18.0 Å². The van der Waals surface area contributed by atoms with Crippen molar-refractivity contribution in [2.24, 2.45) is 0 Å². The van der Waals surface area contributed by atoms with E-state index in [4.69, 9.17) is 9.90 Å². The van der Waals surface area contributed by atoms with E-state index in [0.29, 0.717) is 18.5 Å². The first-order valence-corrected chi connectivity index (χ1v) is 9.95. The van der Waals surface area contributed by atoms with Gasteiger partial charge in [-0.15, -0.1) is 11.3 Å². The largest absolute Gasteiger partial charge is 0.490 e. The summed E-state index contributed by atoms with van der Waals surface area (Å²) in [7, 11) is 0. The highest BCUT2D eigenvalue weighted by Crippen LogP contribution is 2.35. The average molecular weight is 427 g/mol. The van der Waals surface area contributed by atoms with Crippen molar-refractivity contribution in [3.8, 4) is 0 Å². The van der Waals surface area contributed by atoms with Crippen molar-refractivity contribution in [2.45, 2.75) is 44.1 Å². The molecule has 0 saturated carbocycles. The van der Waals surface area contributed by atoms with Gasteiger partial charge >= 0.3 is 12.1 Å². The van der Waals surface area contributed by atoms with Gasteiger partial charge in [-0.3, -0.25) is 9.69 Å². The molecule has 3 heterocycles. The minimum Gasteiger partial charge on any atom is -0.475 e. The number of rotatable bonds is 3. The predicted octanol–water partition coefficient (Wildman–Crippen LogP) is 3.55. The number of piperidine rings is 1. The van der Waals surface area contributed by atoms with Crippen molar-refractivity contribution < 1.29 is 27.9 Å². The van der Waals surface area contributed by atoms with Crippen LogP contribution in [-0.4, -0.2) is 51.7 Å². The van der Waals surface area contributed by atoms with Gasteiger partial charge in [0.25, 0.3) is 0 Å². The first-order valence-electron chi connectivity index (χ1n) is 9.07. The third-order valence-electron chi connectivity index (χ3n) is 4.98. The monoisotopic (exact) mass is 427 g/mol. The van der Waals surface area contributed by atoms with Crippen molar-refractivity contribution in [1.29, 1.82) is 0 Å². The van der Waals surface area contributed by atoms with Gasteiger partial charge in [0.2, 0.25) is 5.91 Å². The number of hydrogen-bond acceptors (Lipinski definition) is 5. The topological polar surface area (TPSA) is 73.7 Å². The lowest BCUT2D eigenvalue weighted by Crippen LogP contribution is -2.52. The maximum absolute atomic E-state index is 12.5. The number of anilines is 1. The summed E-state index contributed by atoms with van der Waals surface area (Å²) in [5.74, 6) is -2.49. The van der Waals surface area contributed by atoms with Crippen molar-refractivity contribution in [2.75, 3.05) is 11.4 Å². The summed E-state index contributed by atoms with van der Waals surface area (Å²) in [6, 6.07) is 10.9. The molecule has 2 saturated heterocycles. The molecule has 2 aliphatic heterocycles. The number of thiazole rings is 1. The maximum Gasteiger partial charge on any atom is 0.490 e. The van der Waals surface area contributed by atoms with E-state index >= 15 is 0 Å². The number of aromatic nitrogens is 1. The highest BCUT2D eigenvalue weighted by molar-refractivity contribution is 7.09. The van der Waals surface area contributed by atoms with Crippen molar-refractivity contribution in [3.63, 3.8) is 0 Å². The molecule has 0 unspecified atom stereocenters. The van der Waals surface area contributed by atoms with Gasteiger partial charge in [-0.05, 0) is 25.0 Å². The van der Waals surface area contributed by atoms with E-state index in [1.165, 1.54) is 5.01 Å². The third-order valence-corrected chi connectivity index (χ3v) is 5.74.